The van der Waals surface area contributed by atoms with Gasteiger partial charge in [-0.3, -0.25) is 0 Å². The number of benzene rings is 1. The minimum absolute atomic E-state index is 0.317. The fourth-order valence-electron chi connectivity index (χ4n) is 1.75. The second kappa shape index (κ2) is 4.49. The molecule has 1 aliphatic rings. The van der Waals surface area contributed by atoms with Crippen molar-refractivity contribution in [1.82, 2.24) is 10.2 Å². The van der Waals surface area contributed by atoms with Crippen LogP contribution < -0.4 is 9.47 Å². The Labute approximate surface area is 109 Å². The van der Waals surface area contributed by atoms with Gasteiger partial charge in [0.15, 0.2) is 11.5 Å². The first kappa shape index (κ1) is 11.3. The van der Waals surface area contributed by atoms with Crippen molar-refractivity contribution in [1.29, 1.82) is 0 Å². The van der Waals surface area contributed by atoms with Crippen LogP contribution in [0.1, 0.15) is 18.2 Å². The van der Waals surface area contributed by atoms with Crippen LogP contribution in [0.3, 0.4) is 0 Å². The molecular formula is C12H11ClN2O3. The summed E-state index contributed by atoms with van der Waals surface area (Å²) in [6.07, 6.45) is 0. The summed E-state index contributed by atoms with van der Waals surface area (Å²) < 4.78 is 16.6. The Kier molecular flexibility index (Phi) is 2.83. The SMILES string of the molecule is CC(Cl)c1nnc(-c2cccc3c2OCCO3)o1. The summed E-state index contributed by atoms with van der Waals surface area (Å²) in [4.78, 5) is 0. The van der Waals surface area contributed by atoms with Crippen LogP contribution >= 0.6 is 11.6 Å². The van der Waals surface area contributed by atoms with Gasteiger partial charge in [0.05, 0.1) is 5.56 Å². The number of ether oxygens (including phenoxy) is 2. The van der Waals surface area contributed by atoms with Gasteiger partial charge in [-0.05, 0) is 19.1 Å². The van der Waals surface area contributed by atoms with E-state index in [1.165, 1.54) is 0 Å². The third-order valence-corrected chi connectivity index (χ3v) is 2.76. The van der Waals surface area contributed by atoms with Gasteiger partial charge >= 0.3 is 0 Å². The molecule has 1 atom stereocenters. The van der Waals surface area contributed by atoms with E-state index in [-0.39, 0.29) is 5.38 Å². The van der Waals surface area contributed by atoms with Crippen LogP contribution in [0.15, 0.2) is 22.6 Å². The van der Waals surface area contributed by atoms with E-state index in [1.807, 2.05) is 18.2 Å². The zero-order valence-corrected chi connectivity index (χ0v) is 10.5. The predicted octanol–water partition coefficient (Wildman–Crippen LogP) is 2.81. The van der Waals surface area contributed by atoms with E-state index >= 15 is 0 Å². The maximum atomic E-state index is 5.90. The minimum atomic E-state index is -0.317. The molecule has 0 N–H and O–H groups in total. The number of nitrogens with zero attached hydrogens (tertiary/aromatic N) is 2. The first-order valence-corrected chi connectivity index (χ1v) is 6.06. The van der Waals surface area contributed by atoms with Crippen LogP contribution in [0.5, 0.6) is 11.5 Å². The van der Waals surface area contributed by atoms with Crippen molar-refractivity contribution in [3.8, 4) is 23.0 Å². The van der Waals surface area contributed by atoms with Gasteiger partial charge in [-0.2, -0.15) is 0 Å². The Morgan fingerprint density at radius 2 is 2.06 bits per heavy atom. The molecule has 1 aromatic carbocycles. The lowest BCUT2D eigenvalue weighted by Crippen LogP contribution is -2.15. The van der Waals surface area contributed by atoms with Gasteiger partial charge in [-0.25, -0.2) is 0 Å². The molecule has 0 fully saturated rings. The molecule has 1 aliphatic heterocycles. The summed E-state index contributed by atoms with van der Waals surface area (Å²) in [6.45, 7) is 2.83. The third-order valence-electron chi connectivity index (χ3n) is 2.58. The van der Waals surface area contributed by atoms with E-state index in [1.54, 1.807) is 6.92 Å². The zero-order chi connectivity index (χ0) is 12.5. The van der Waals surface area contributed by atoms with Gasteiger partial charge in [0, 0.05) is 0 Å². The molecule has 94 valence electrons. The molecule has 0 saturated carbocycles. The Hall–Kier alpha value is -1.75. The van der Waals surface area contributed by atoms with Crippen molar-refractivity contribution >= 4 is 11.6 Å². The molecule has 5 nitrogen and oxygen atoms in total. The maximum Gasteiger partial charge on any atom is 0.251 e. The van der Waals surface area contributed by atoms with Gasteiger partial charge in [0.25, 0.3) is 5.89 Å². The molecule has 2 aromatic rings. The average molecular weight is 267 g/mol. The van der Waals surface area contributed by atoms with E-state index in [2.05, 4.69) is 10.2 Å². The highest BCUT2D eigenvalue weighted by Crippen LogP contribution is 2.39. The molecule has 0 aliphatic carbocycles. The molecule has 0 spiro atoms. The number of hydrogen-bond donors (Lipinski definition) is 0. The van der Waals surface area contributed by atoms with E-state index < -0.39 is 0 Å². The molecule has 0 saturated heterocycles. The van der Waals surface area contributed by atoms with Crippen LogP contribution in [0, 0.1) is 0 Å². The van der Waals surface area contributed by atoms with Crippen molar-refractivity contribution in [2.24, 2.45) is 0 Å². The highest BCUT2D eigenvalue weighted by Gasteiger charge is 2.21. The van der Waals surface area contributed by atoms with E-state index in [9.17, 15) is 0 Å². The molecule has 2 heterocycles. The summed E-state index contributed by atoms with van der Waals surface area (Å²) in [7, 11) is 0. The molecule has 18 heavy (non-hydrogen) atoms. The van der Waals surface area contributed by atoms with Gasteiger partial charge < -0.3 is 13.9 Å². The molecule has 1 aromatic heterocycles. The van der Waals surface area contributed by atoms with E-state index in [4.69, 9.17) is 25.5 Å². The lowest BCUT2D eigenvalue weighted by atomic mass is 10.2. The number of hydrogen-bond acceptors (Lipinski definition) is 5. The molecule has 0 amide bonds. The molecule has 0 radical (unpaired) electrons. The summed E-state index contributed by atoms with van der Waals surface area (Å²) in [5.74, 6) is 2.11. The molecular weight excluding hydrogens is 256 g/mol. The predicted molar refractivity (Wildman–Crippen MR) is 65.0 cm³/mol. The first-order chi connectivity index (χ1) is 8.75. The van der Waals surface area contributed by atoms with Crippen molar-refractivity contribution in [2.75, 3.05) is 13.2 Å². The zero-order valence-electron chi connectivity index (χ0n) is 9.72. The fraction of sp³-hybridized carbons (Fsp3) is 0.333. The van der Waals surface area contributed by atoms with E-state index in [0.29, 0.717) is 36.5 Å². The number of para-hydroxylation sites is 1. The minimum Gasteiger partial charge on any atom is -0.486 e. The molecule has 0 bridgehead atoms. The molecule has 6 heteroatoms. The van der Waals surface area contributed by atoms with Gasteiger partial charge in [0.1, 0.15) is 18.6 Å². The fourth-order valence-corrected chi connectivity index (χ4v) is 1.83. The van der Waals surface area contributed by atoms with E-state index in [0.717, 1.165) is 5.56 Å². The van der Waals surface area contributed by atoms with Crippen molar-refractivity contribution < 1.29 is 13.9 Å². The second-order valence-electron chi connectivity index (χ2n) is 3.89. The van der Waals surface area contributed by atoms with Crippen molar-refractivity contribution in [3.05, 3.63) is 24.1 Å². The topological polar surface area (TPSA) is 57.4 Å². The van der Waals surface area contributed by atoms with Crippen LogP contribution in [0.2, 0.25) is 0 Å². The van der Waals surface area contributed by atoms with Crippen LogP contribution in [-0.2, 0) is 0 Å². The smallest absolute Gasteiger partial charge is 0.251 e. The molecule has 3 rings (SSSR count). The number of alkyl halides is 1. The average Bonchev–Trinajstić information content (AvgIpc) is 2.87. The highest BCUT2D eigenvalue weighted by atomic mass is 35.5. The second-order valence-corrected chi connectivity index (χ2v) is 4.55. The lowest BCUT2D eigenvalue weighted by molar-refractivity contribution is 0.172. The maximum absolute atomic E-state index is 5.90. The summed E-state index contributed by atoms with van der Waals surface area (Å²) >= 11 is 5.90. The largest absolute Gasteiger partial charge is 0.486 e. The standard InChI is InChI=1S/C12H11ClN2O3/c1-7(13)11-14-15-12(18-11)8-3-2-4-9-10(8)17-6-5-16-9/h2-4,7H,5-6H2,1H3. The quantitative estimate of drug-likeness (QED) is 0.783. The van der Waals surface area contributed by atoms with Crippen LogP contribution in [0.25, 0.3) is 11.5 Å². The van der Waals surface area contributed by atoms with Crippen LogP contribution in [-0.4, -0.2) is 23.4 Å². The monoisotopic (exact) mass is 266 g/mol. The van der Waals surface area contributed by atoms with Crippen molar-refractivity contribution in [2.45, 2.75) is 12.3 Å². The normalized spacial score (nSPS) is 15.4. The number of rotatable bonds is 2. The van der Waals surface area contributed by atoms with Gasteiger partial charge in [-0.15, -0.1) is 21.8 Å². The first-order valence-electron chi connectivity index (χ1n) is 5.62. The van der Waals surface area contributed by atoms with Gasteiger partial charge in [0.2, 0.25) is 5.89 Å². The Balaban J connectivity index is 2.05. The summed E-state index contributed by atoms with van der Waals surface area (Å²) in [5, 5.41) is 7.56. The lowest BCUT2D eigenvalue weighted by Gasteiger charge is -2.19. The summed E-state index contributed by atoms with van der Waals surface area (Å²) in [6, 6.07) is 5.56. The Morgan fingerprint density at radius 3 is 2.83 bits per heavy atom. The van der Waals surface area contributed by atoms with Gasteiger partial charge in [-0.1, -0.05) is 6.07 Å². The van der Waals surface area contributed by atoms with Crippen LogP contribution in [0.4, 0.5) is 0 Å². The number of aromatic nitrogens is 2. The third kappa shape index (κ3) is 1.90. The van der Waals surface area contributed by atoms with Crippen molar-refractivity contribution in [3.63, 3.8) is 0 Å². The number of fused-ring (bicyclic) bond motifs is 1. The Bertz CT molecular complexity index is 568. The highest BCUT2D eigenvalue weighted by molar-refractivity contribution is 6.20. The molecule has 1 unspecified atom stereocenters. The Morgan fingerprint density at radius 1 is 1.22 bits per heavy atom. The summed E-state index contributed by atoms with van der Waals surface area (Å²) in [5.41, 5.74) is 0.725. The number of halogens is 1.